The molecule has 17 heavy (non-hydrogen) atoms. The van der Waals surface area contributed by atoms with Crippen LogP contribution in [0.1, 0.15) is 5.56 Å². The van der Waals surface area contributed by atoms with Gasteiger partial charge in [0.1, 0.15) is 5.75 Å². The highest BCUT2D eigenvalue weighted by molar-refractivity contribution is 8.15. The third-order valence-electron chi connectivity index (χ3n) is 2.04. The zero-order valence-corrected chi connectivity index (χ0v) is 10.0. The fourth-order valence-electron chi connectivity index (χ4n) is 1.25. The van der Waals surface area contributed by atoms with Crippen molar-refractivity contribution in [2.45, 2.75) is 0 Å². The molecule has 5 nitrogen and oxygen atoms in total. The van der Waals surface area contributed by atoms with Gasteiger partial charge < -0.3 is 10.1 Å². The van der Waals surface area contributed by atoms with Gasteiger partial charge in [-0.1, -0.05) is 23.9 Å². The van der Waals surface area contributed by atoms with Crippen LogP contribution in [0.4, 0.5) is 0 Å². The van der Waals surface area contributed by atoms with E-state index < -0.39 is 0 Å². The molecule has 1 saturated heterocycles. The van der Waals surface area contributed by atoms with Gasteiger partial charge in [-0.15, -0.1) is 5.10 Å². The molecule has 1 heterocycles. The van der Waals surface area contributed by atoms with E-state index in [0.717, 1.165) is 11.3 Å². The fraction of sp³-hybridized carbons (Fsp3) is 0.182. The summed E-state index contributed by atoms with van der Waals surface area (Å²) in [4.78, 5) is 10.9. The average molecular weight is 249 g/mol. The summed E-state index contributed by atoms with van der Waals surface area (Å²) < 4.78 is 5.09. The molecular formula is C11H11N3O2S. The lowest BCUT2D eigenvalue weighted by molar-refractivity contribution is -0.116. The number of thioether (sulfide) groups is 1. The Morgan fingerprint density at radius 2 is 2.41 bits per heavy atom. The van der Waals surface area contributed by atoms with Gasteiger partial charge in [0, 0.05) is 0 Å². The Morgan fingerprint density at radius 1 is 1.53 bits per heavy atom. The topological polar surface area (TPSA) is 63.1 Å². The van der Waals surface area contributed by atoms with Gasteiger partial charge in [-0.25, -0.2) is 0 Å². The molecule has 0 bridgehead atoms. The Bertz CT molecular complexity index is 485. The van der Waals surface area contributed by atoms with Crippen molar-refractivity contribution < 1.29 is 9.53 Å². The van der Waals surface area contributed by atoms with Crippen molar-refractivity contribution in [2.75, 3.05) is 12.9 Å². The number of amidine groups is 1. The zero-order chi connectivity index (χ0) is 12.1. The maximum Gasteiger partial charge on any atom is 0.236 e. The molecule has 0 saturated carbocycles. The number of rotatable bonds is 3. The number of carbonyl (C=O) groups excluding carboxylic acids is 1. The van der Waals surface area contributed by atoms with E-state index in [1.54, 1.807) is 13.3 Å². The highest BCUT2D eigenvalue weighted by atomic mass is 32.2. The summed E-state index contributed by atoms with van der Waals surface area (Å²) in [5.41, 5.74) is 0.892. The van der Waals surface area contributed by atoms with E-state index in [1.165, 1.54) is 11.8 Å². The molecule has 1 amide bonds. The average Bonchev–Trinajstić information content (AvgIpc) is 2.75. The van der Waals surface area contributed by atoms with Gasteiger partial charge in [-0.3, -0.25) is 4.79 Å². The standard InChI is InChI=1S/C11H11N3O2S/c1-16-9-4-2-3-8(5-9)6-12-14-11-13-10(15)7-17-11/h2-6H,7H2,1H3,(H,13,14,15). The van der Waals surface area contributed by atoms with Gasteiger partial charge in [0.25, 0.3) is 0 Å². The first-order valence-electron chi connectivity index (χ1n) is 4.95. The van der Waals surface area contributed by atoms with Crippen LogP contribution in [0.2, 0.25) is 0 Å². The van der Waals surface area contributed by atoms with Crippen molar-refractivity contribution in [3.8, 4) is 5.75 Å². The molecule has 1 fully saturated rings. The summed E-state index contributed by atoms with van der Waals surface area (Å²) in [7, 11) is 1.61. The SMILES string of the molecule is COc1cccc(C=N/N=C2/NC(=O)CS2)c1. The molecular weight excluding hydrogens is 238 g/mol. The summed E-state index contributed by atoms with van der Waals surface area (Å²) in [6.45, 7) is 0. The minimum absolute atomic E-state index is 0.0367. The molecule has 2 rings (SSSR count). The number of ether oxygens (including phenoxy) is 1. The van der Waals surface area contributed by atoms with Crippen LogP contribution in [0.5, 0.6) is 5.75 Å². The van der Waals surface area contributed by atoms with E-state index in [-0.39, 0.29) is 5.91 Å². The van der Waals surface area contributed by atoms with E-state index in [2.05, 4.69) is 15.5 Å². The Balaban J connectivity index is 2.02. The first-order valence-corrected chi connectivity index (χ1v) is 5.94. The van der Waals surface area contributed by atoms with Crippen molar-refractivity contribution in [2.24, 2.45) is 10.2 Å². The van der Waals surface area contributed by atoms with E-state index in [0.29, 0.717) is 10.9 Å². The van der Waals surface area contributed by atoms with Gasteiger partial charge in [-0.05, 0) is 17.7 Å². The van der Waals surface area contributed by atoms with Crippen molar-refractivity contribution in [1.82, 2.24) is 5.32 Å². The third kappa shape index (κ3) is 3.32. The van der Waals surface area contributed by atoms with E-state index in [4.69, 9.17) is 4.74 Å². The Morgan fingerprint density at radius 3 is 3.12 bits per heavy atom. The number of carbonyl (C=O) groups is 1. The number of benzene rings is 1. The molecule has 0 aromatic heterocycles. The van der Waals surface area contributed by atoms with Gasteiger partial charge in [0.2, 0.25) is 5.91 Å². The number of hydrogen-bond donors (Lipinski definition) is 1. The van der Waals surface area contributed by atoms with Gasteiger partial charge in [0.05, 0.1) is 19.1 Å². The molecule has 0 unspecified atom stereocenters. The largest absolute Gasteiger partial charge is 0.497 e. The van der Waals surface area contributed by atoms with Crippen molar-refractivity contribution in [3.63, 3.8) is 0 Å². The molecule has 88 valence electrons. The van der Waals surface area contributed by atoms with Crippen LogP contribution in [0.25, 0.3) is 0 Å². The predicted molar refractivity (Wildman–Crippen MR) is 68.6 cm³/mol. The third-order valence-corrected chi connectivity index (χ3v) is 2.90. The highest BCUT2D eigenvalue weighted by Gasteiger charge is 2.15. The van der Waals surface area contributed by atoms with Crippen LogP contribution in [-0.4, -0.2) is 30.2 Å². The van der Waals surface area contributed by atoms with Gasteiger partial charge in [-0.2, -0.15) is 5.10 Å². The van der Waals surface area contributed by atoms with Crippen molar-refractivity contribution in [3.05, 3.63) is 29.8 Å². The van der Waals surface area contributed by atoms with E-state index in [9.17, 15) is 4.79 Å². The molecule has 1 aromatic rings. The molecule has 1 aromatic carbocycles. The summed E-state index contributed by atoms with van der Waals surface area (Å²) >= 11 is 1.34. The number of nitrogens with zero attached hydrogens (tertiary/aromatic N) is 2. The molecule has 0 spiro atoms. The molecule has 0 atom stereocenters. The minimum Gasteiger partial charge on any atom is -0.497 e. The first kappa shape index (κ1) is 11.7. The highest BCUT2D eigenvalue weighted by Crippen LogP contribution is 2.11. The smallest absolute Gasteiger partial charge is 0.236 e. The second-order valence-corrected chi connectivity index (χ2v) is 4.23. The minimum atomic E-state index is -0.0367. The van der Waals surface area contributed by atoms with Crippen LogP contribution in [0.15, 0.2) is 34.5 Å². The molecule has 0 aliphatic carbocycles. The summed E-state index contributed by atoms with van der Waals surface area (Å²) in [6.07, 6.45) is 1.61. The number of amides is 1. The molecule has 0 radical (unpaired) electrons. The quantitative estimate of drug-likeness (QED) is 0.647. The Labute approximate surface area is 103 Å². The number of methoxy groups -OCH3 is 1. The monoisotopic (exact) mass is 249 g/mol. The van der Waals surface area contributed by atoms with Crippen LogP contribution in [0.3, 0.4) is 0 Å². The molecule has 1 aliphatic rings. The lowest BCUT2D eigenvalue weighted by Crippen LogP contribution is -2.19. The zero-order valence-electron chi connectivity index (χ0n) is 9.21. The number of nitrogens with one attached hydrogen (secondary N) is 1. The second kappa shape index (κ2) is 5.49. The van der Waals surface area contributed by atoms with Crippen LogP contribution >= 0.6 is 11.8 Å². The molecule has 6 heteroatoms. The summed E-state index contributed by atoms with van der Waals surface area (Å²) in [6, 6.07) is 7.48. The van der Waals surface area contributed by atoms with Crippen LogP contribution < -0.4 is 10.1 Å². The molecule has 1 aliphatic heterocycles. The second-order valence-electron chi connectivity index (χ2n) is 3.26. The van der Waals surface area contributed by atoms with Crippen LogP contribution in [0, 0.1) is 0 Å². The predicted octanol–water partition coefficient (Wildman–Crippen LogP) is 1.25. The lowest BCUT2D eigenvalue weighted by Gasteiger charge is -1.98. The van der Waals surface area contributed by atoms with Gasteiger partial charge >= 0.3 is 0 Å². The van der Waals surface area contributed by atoms with Crippen molar-refractivity contribution >= 4 is 29.1 Å². The van der Waals surface area contributed by atoms with E-state index in [1.807, 2.05) is 24.3 Å². The van der Waals surface area contributed by atoms with Gasteiger partial charge in [0.15, 0.2) is 5.17 Å². The Kier molecular flexibility index (Phi) is 3.77. The maximum atomic E-state index is 10.9. The maximum absolute atomic E-state index is 10.9. The van der Waals surface area contributed by atoms with E-state index >= 15 is 0 Å². The fourth-order valence-corrected chi connectivity index (χ4v) is 1.88. The summed E-state index contributed by atoms with van der Waals surface area (Å²) in [5, 5.41) is 10.9. The Hall–Kier alpha value is -1.82. The number of hydrogen-bond acceptors (Lipinski definition) is 5. The first-order chi connectivity index (χ1) is 8.28. The van der Waals surface area contributed by atoms with Crippen molar-refractivity contribution in [1.29, 1.82) is 0 Å². The van der Waals surface area contributed by atoms with Crippen LogP contribution in [-0.2, 0) is 4.79 Å². The molecule has 1 N–H and O–H groups in total. The lowest BCUT2D eigenvalue weighted by atomic mass is 10.2. The summed E-state index contributed by atoms with van der Waals surface area (Å²) in [5.74, 6) is 1.14. The normalized spacial score (nSPS) is 17.7.